The predicted octanol–water partition coefficient (Wildman–Crippen LogP) is 3.48. The van der Waals surface area contributed by atoms with E-state index in [9.17, 15) is 4.79 Å². The van der Waals surface area contributed by atoms with Crippen LogP contribution in [0.4, 0.5) is 5.69 Å². The summed E-state index contributed by atoms with van der Waals surface area (Å²) in [7, 11) is 1.75. The van der Waals surface area contributed by atoms with Crippen molar-refractivity contribution in [1.82, 2.24) is 0 Å². The molecule has 0 unspecified atom stereocenters. The lowest BCUT2D eigenvalue weighted by Crippen LogP contribution is -1.97. The Morgan fingerprint density at radius 2 is 1.73 bits per heavy atom. The maximum Gasteiger partial charge on any atom is 0.335 e. The molecule has 0 aromatic heterocycles. The van der Waals surface area contributed by atoms with E-state index in [1.807, 2.05) is 33.8 Å². The van der Waals surface area contributed by atoms with Gasteiger partial charge in [0.25, 0.3) is 0 Å². The van der Waals surface area contributed by atoms with Crippen LogP contribution in [0.1, 0.15) is 38.1 Å². The van der Waals surface area contributed by atoms with E-state index in [2.05, 4.69) is 5.32 Å². The largest absolute Gasteiger partial charge is 0.478 e. The summed E-state index contributed by atoms with van der Waals surface area (Å²) in [5.41, 5.74) is 1.11. The minimum atomic E-state index is -0.901. The number of carboxylic acids is 1. The SMILES string of the molecule is CC.CC.CNc1cccc(C(=O)O)c1. The number of anilines is 1. The second kappa shape index (κ2) is 10.6. The minimum absolute atomic E-state index is 0.303. The van der Waals surface area contributed by atoms with Gasteiger partial charge in [-0.15, -0.1) is 0 Å². The van der Waals surface area contributed by atoms with E-state index in [1.54, 1.807) is 25.2 Å². The van der Waals surface area contributed by atoms with Gasteiger partial charge in [-0.05, 0) is 18.2 Å². The Balaban J connectivity index is 0. The van der Waals surface area contributed by atoms with Crippen LogP contribution in [0.25, 0.3) is 0 Å². The molecule has 0 fully saturated rings. The van der Waals surface area contributed by atoms with Crippen molar-refractivity contribution in [2.24, 2.45) is 0 Å². The molecule has 1 rings (SSSR count). The van der Waals surface area contributed by atoms with Gasteiger partial charge in [-0.3, -0.25) is 0 Å². The molecule has 1 aromatic carbocycles. The highest BCUT2D eigenvalue weighted by atomic mass is 16.4. The second-order valence-corrected chi connectivity index (χ2v) is 2.14. The quantitative estimate of drug-likeness (QED) is 0.787. The fourth-order valence-electron chi connectivity index (χ4n) is 0.808. The molecule has 86 valence electrons. The number of carbonyl (C=O) groups is 1. The van der Waals surface area contributed by atoms with Crippen LogP contribution in [-0.2, 0) is 0 Å². The summed E-state index contributed by atoms with van der Waals surface area (Å²) in [6.45, 7) is 8.00. The van der Waals surface area contributed by atoms with Crippen LogP contribution in [0.3, 0.4) is 0 Å². The first-order chi connectivity index (χ1) is 7.24. The summed E-state index contributed by atoms with van der Waals surface area (Å²) in [6.07, 6.45) is 0. The van der Waals surface area contributed by atoms with Gasteiger partial charge < -0.3 is 10.4 Å². The molecule has 3 heteroatoms. The molecule has 1 aromatic rings. The number of aromatic carboxylic acids is 1. The standard InChI is InChI=1S/C8H9NO2.2C2H6/c1-9-7-4-2-3-6(5-7)8(10)11;2*1-2/h2-5,9H,1H3,(H,10,11);2*1-2H3. The van der Waals surface area contributed by atoms with Gasteiger partial charge in [-0.25, -0.2) is 4.79 Å². The minimum Gasteiger partial charge on any atom is -0.478 e. The average Bonchev–Trinajstić information content (AvgIpc) is 2.34. The molecular formula is C12H21NO2. The number of benzene rings is 1. The summed E-state index contributed by atoms with van der Waals surface area (Å²) >= 11 is 0. The van der Waals surface area contributed by atoms with E-state index in [1.165, 1.54) is 0 Å². The van der Waals surface area contributed by atoms with E-state index in [0.717, 1.165) is 5.69 Å². The fraction of sp³-hybridized carbons (Fsp3) is 0.417. The Bertz CT molecular complexity index is 272. The third-order valence-electron chi connectivity index (χ3n) is 1.40. The second-order valence-electron chi connectivity index (χ2n) is 2.14. The molecule has 2 N–H and O–H groups in total. The highest BCUT2D eigenvalue weighted by Gasteiger charge is 2.00. The molecule has 0 heterocycles. The highest BCUT2D eigenvalue weighted by Crippen LogP contribution is 2.08. The van der Waals surface area contributed by atoms with Crippen LogP contribution >= 0.6 is 0 Å². The number of nitrogens with one attached hydrogen (secondary N) is 1. The van der Waals surface area contributed by atoms with Crippen LogP contribution in [0.15, 0.2) is 24.3 Å². The first-order valence-corrected chi connectivity index (χ1v) is 5.25. The first-order valence-electron chi connectivity index (χ1n) is 5.25. The zero-order valence-corrected chi connectivity index (χ0v) is 10.2. The molecule has 0 amide bonds. The summed E-state index contributed by atoms with van der Waals surface area (Å²) in [5.74, 6) is -0.901. The Morgan fingerprint density at radius 3 is 2.13 bits per heavy atom. The van der Waals surface area contributed by atoms with Crippen molar-refractivity contribution >= 4 is 11.7 Å². The van der Waals surface area contributed by atoms with Gasteiger partial charge in [0.1, 0.15) is 0 Å². The maximum atomic E-state index is 10.4. The van der Waals surface area contributed by atoms with Gasteiger partial charge in [-0.2, -0.15) is 0 Å². The van der Waals surface area contributed by atoms with Crippen molar-refractivity contribution in [3.63, 3.8) is 0 Å². The van der Waals surface area contributed by atoms with Crippen LogP contribution in [0.2, 0.25) is 0 Å². The lowest BCUT2D eigenvalue weighted by molar-refractivity contribution is 0.0697. The average molecular weight is 211 g/mol. The molecule has 15 heavy (non-hydrogen) atoms. The van der Waals surface area contributed by atoms with Gasteiger partial charge >= 0.3 is 5.97 Å². The van der Waals surface area contributed by atoms with Gasteiger partial charge in [0.05, 0.1) is 5.56 Å². The monoisotopic (exact) mass is 211 g/mol. The van der Waals surface area contributed by atoms with E-state index in [4.69, 9.17) is 5.11 Å². The fourth-order valence-corrected chi connectivity index (χ4v) is 0.808. The van der Waals surface area contributed by atoms with Crippen molar-refractivity contribution in [2.45, 2.75) is 27.7 Å². The molecular weight excluding hydrogens is 190 g/mol. The van der Waals surface area contributed by atoms with Crippen LogP contribution in [0, 0.1) is 0 Å². The number of rotatable bonds is 2. The Morgan fingerprint density at radius 1 is 1.20 bits per heavy atom. The molecule has 0 aliphatic heterocycles. The van der Waals surface area contributed by atoms with Crippen LogP contribution in [-0.4, -0.2) is 18.1 Å². The third kappa shape index (κ3) is 6.55. The normalized spacial score (nSPS) is 7.53. The Labute approximate surface area is 92.1 Å². The van der Waals surface area contributed by atoms with Gasteiger partial charge in [0.15, 0.2) is 0 Å². The van der Waals surface area contributed by atoms with Gasteiger partial charge in [0.2, 0.25) is 0 Å². The summed E-state index contributed by atoms with van der Waals surface area (Å²) < 4.78 is 0. The molecule has 0 bridgehead atoms. The van der Waals surface area contributed by atoms with E-state index >= 15 is 0 Å². The zero-order chi connectivity index (χ0) is 12.3. The van der Waals surface area contributed by atoms with E-state index in [0.29, 0.717) is 5.56 Å². The molecule has 0 aliphatic carbocycles. The molecule has 0 radical (unpaired) electrons. The highest BCUT2D eigenvalue weighted by molar-refractivity contribution is 5.88. The third-order valence-corrected chi connectivity index (χ3v) is 1.40. The molecule has 0 saturated heterocycles. The molecule has 0 atom stereocenters. The van der Waals surface area contributed by atoms with Gasteiger partial charge in [-0.1, -0.05) is 33.8 Å². The summed E-state index contributed by atoms with van der Waals surface area (Å²) in [5, 5.41) is 11.4. The van der Waals surface area contributed by atoms with Crippen molar-refractivity contribution in [2.75, 3.05) is 12.4 Å². The molecule has 0 saturated carbocycles. The smallest absolute Gasteiger partial charge is 0.335 e. The van der Waals surface area contributed by atoms with Crippen LogP contribution < -0.4 is 5.32 Å². The lowest BCUT2D eigenvalue weighted by Gasteiger charge is -1.99. The number of carboxylic acid groups (broad SMARTS) is 1. The topological polar surface area (TPSA) is 49.3 Å². The first kappa shape index (κ1) is 15.9. The molecule has 0 spiro atoms. The lowest BCUT2D eigenvalue weighted by atomic mass is 10.2. The molecule has 0 aliphatic rings. The van der Waals surface area contributed by atoms with Crippen LogP contribution in [0.5, 0.6) is 0 Å². The van der Waals surface area contributed by atoms with Crippen molar-refractivity contribution in [3.05, 3.63) is 29.8 Å². The van der Waals surface area contributed by atoms with Crippen molar-refractivity contribution in [1.29, 1.82) is 0 Å². The Kier molecular flexibility index (Phi) is 11.2. The predicted molar refractivity (Wildman–Crippen MR) is 65.6 cm³/mol. The van der Waals surface area contributed by atoms with Crippen molar-refractivity contribution < 1.29 is 9.90 Å². The van der Waals surface area contributed by atoms with E-state index in [-0.39, 0.29) is 0 Å². The van der Waals surface area contributed by atoms with Crippen molar-refractivity contribution in [3.8, 4) is 0 Å². The Hall–Kier alpha value is -1.51. The maximum absolute atomic E-state index is 10.4. The number of hydrogen-bond donors (Lipinski definition) is 2. The summed E-state index contributed by atoms with van der Waals surface area (Å²) in [6, 6.07) is 6.66. The zero-order valence-electron chi connectivity index (χ0n) is 10.2. The molecule has 3 nitrogen and oxygen atoms in total. The summed E-state index contributed by atoms with van der Waals surface area (Å²) in [4.78, 5) is 10.4. The van der Waals surface area contributed by atoms with E-state index < -0.39 is 5.97 Å². The van der Waals surface area contributed by atoms with Gasteiger partial charge in [0, 0.05) is 12.7 Å². The number of hydrogen-bond acceptors (Lipinski definition) is 2.